The first kappa shape index (κ1) is 28.3. The number of guanidine groups is 2. The molecule has 5 nitrogen and oxygen atoms in total. The van der Waals surface area contributed by atoms with Gasteiger partial charge in [-0.3, -0.25) is 5.32 Å². The van der Waals surface area contributed by atoms with Gasteiger partial charge in [0, 0.05) is 13.1 Å². The Morgan fingerprint density at radius 2 is 1.63 bits per heavy atom. The molecule has 216 valence electrons. The number of hydrogen-bond donors (Lipinski definition) is 2. The molecule has 5 heteroatoms. The SMILES string of the molecule is CCN(CC)C1=NC2(CC[C@]3(C)C(CCC4C5CC[C@H](C(C)CCCC(C)C)C5(C)CCC43)C2)N=C(N)N1. The molecule has 3 N–H and O–H groups in total. The van der Waals surface area contributed by atoms with Gasteiger partial charge in [0.2, 0.25) is 5.96 Å². The van der Waals surface area contributed by atoms with Crippen molar-refractivity contribution in [3.63, 3.8) is 0 Å². The van der Waals surface area contributed by atoms with Crippen LogP contribution in [0.15, 0.2) is 9.98 Å². The molecule has 4 fully saturated rings. The predicted molar refractivity (Wildman–Crippen MR) is 161 cm³/mol. The van der Waals surface area contributed by atoms with Gasteiger partial charge in [-0.05, 0) is 124 Å². The molecular formula is C33H59N5. The molecule has 4 saturated carbocycles. The van der Waals surface area contributed by atoms with E-state index >= 15 is 0 Å². The molecule has 4 aliphatic carbocycles. The summed E-state index contributed by atoms with van der Waals surface area (Å²) in [6.45, 7) is 19.0. The molecule has 1 aliphatic heterocycles. The van der Waals surface area contributed by atoms with Crippen molar-refractivity contribution < 1.29 is 0 Å². The second-order valence-corrected chi connectivity index (χ2v) is 15.1. The number of aliphatic imine (C=N–C) groups is 2. The standard InChI is InChI=1S/C33H59N5/c1-8-38(9-2)30-35-29(34)36-33(37-30)20-19-31(6)24(21-33)13-14-25-27-16-15-26(23(5)12-10-11-22(3)4)32(27,7)18-17-28(25)31/h22-28H,8-21H2,1-7H3,(H3,34,35,36,37)/t23?,24?,25?,26-,27?,28?,31-,32?,33?/m1/s1. The molecular weight excluding hydrogens is 466 g/mol. The first-order valence-corrected chi connectivity index (χ1v) is 16.5. The molecule has 0 aromatic heterocycles. The topological polar surface area (TPSA) is 66.0 Å². The van der Waals surface area contributed by atoms with E-state index in [1.54, 1.807) is 0 Å². The van der Waals surface area contributed by atoms with Crippen LogP contribution >= 0.6 is 0 Å². The normalized spacial score (nSPS) is 43.0. The van der Waals surface area contributed by atoms with Gasteiger partial charge >= 0.3 is 0 Å². The molecule has 0 saturated heterocycles. The molecule has 1 heterocycles. The lowest BCUT2D eigenvalue weighted by Gasteiger charge is -2.62. The van der Waals surface area contributed by atoms with Crippen LogP contribution in [0.1, 0.15) is 126 Å². The number of rotatable bonds is 7. The smallest absolute Gasteiger partial charge is 0.203 e. The highest BCUT2D eigenvalue weighted by atomic mass is 15.4. The molecule has 5 rings (SSSR count). The van der Waals surface area contributed by atoms with E-state index in [0.29, 0.717) is 22.7 Å². The first-order chi connectivity index (χ1) is 18.0. The van der Waals surface area contributed by atoms with Crippen molar-refractivity contribution in [2.45, 2.75) is 131 Å². The van der Waals surface area contributed by atoms with Gasteiger partial charge in [-0.15, -0.1) is 0 Å². The second-order valence-electron chi connectivity index (χ2n) is 15.1. The van der Waals surface area contributed by atoms with Crippen molar-refractivity contribution >= 4 is 11.9 Å². The quantitative estimate of drug-likeness (QED) is 0.363. The van der Waals surface area contributed by atoms with Crippen molar-refractivity contribution in [2.75, 3.05) is 13.1 Å². The van der Waals surface area contributed by atoms with Crippen LogP contribution in [-0.4, -0.2) is 35.6 Å². The molecule has 9 atom stereocenters. The summed E-state index contributed by atoms with van der Waals surface area (Å²) in [5.74, 6) is 7.67. The lowest BCUT2D eigenvalue weighted by atomic mass is 9.44. The minimum atomic E-state index is -0.350. The monoisotopic (exact) mass is 525 g/mol. The average Bonchev–Trinajstić information content (AvgIpc) is 3.22. The Morgan fingerprint density at radius 1 is 0.895 bits per heavy atom. The molecule has 0 amide bonds. The maximum Gasteiger partial charge on any atom is 0.203 e. The van der Waals surface area contributed by atoms with Crippen LogP contribution < -0.4 is 11.1 Å². The molecule has 5 aliphatic rings. The Labute approximate surface area is 234 Å². The van der Waals surface area contributed by atoms with Gasteiger partial charge in [-0.2, -0.15) is 0 Å². The Bertz CT molecular complexity index is 907. The lowest BCUT2D eigenvalue weighted by molar-refractivity contribution is -0.123. The summed E-state index contributed by atoms with van der Waals surface area (Å²) in [6, 6.07) is 0. The van der Waals surface area contributed by atoms with Crippen LogP contribution in [0.25, 0.3) is 0 Å². The largest absolute Gasteiger partial charge is 0.370 e. The van der Waals surface area contributed by atoms with Crippen LogP contribution in [0.3, 0.4) is 0 Å². The molecule has 0 bridgehead atoms. The van der Waals surface area contributed by atoms with Crippen LogP contribution in [-0.2, 0) is 0 Å². The minimum Gasteiger partial charge on any atom is -0.370 e. The summed E-state index contributed by atoms with van der Waals surface area (Å²) in [7, 11) is 0. The number of nitrogens with zero attached hydrogens (tertiary/aromatic N) is 3. The van der Waals surface area contributed by atoms with Gasteiger partial charge in [0.15, 0.2) is 11.6 Å². The van der Waals surface area contributed by atoms with Crippen LogP contribution in [0, 0.1) is 52.3 Å². The van der Waals surface area contributed by atoms with Crippen molar-refractivity contribution in [2.24, 2.45) is 68.0 Å². The lowest BCUT2D eigenvalue weighted by Crippen LogP contribution is -2.58. The summed E-state index contributed by atoms with van der Waals surface area (Å²) in [5, 5.41) is 3.28. The summed E-state index contributed by atoms with van der Waals surface area (Å²) in [6.07, 6.45) is 16.3. The van der Waals surface area contributed by atoms with Crippen LogP contribution in [0.2, 0.25) is 0 Å². The Balaban J connectivity index is 1.30. The van der Waals surface area contributed by atoms with Crippen molar-refractivity contribution in [3.05, 3.63) is 0 Å². The number of fused-ring (bicyclic) bond motifs is 5. The Hall–Kier alpha value is -1.26. The van der Waals surface area contributed by atoms with E-state index in [-0.39, 0.29) is 5.66 Å². The summed E-state index contributed by atoms with van der Waals surface area (Å²) in [4.78, 5) is 12.6. The molecule has 0 radical (unpaired) electrons. The zero-order chi connectivity index (χ0) is 27.3. The highest BCUT2D eigenvalue weighted by molar-refractivity contribution is 5.99. The second kappa shape index (κ2) is 10.6. The minimum absolute atomic E-state index is 0.350. The zero-order valence-corrected chi connectivity index (χ0v) is 25.9. The van der Waals surface area contributed by atoms with Crippen molar-refractivity contribution in [1.82, 2.24) is 10.2 Å². The molecule has 1 spiro atoms. The Morgan fingerprint density at radius 3 is 2.34 bits per heavy atom. The van der Waals surface area contributed by atoms with E-state index in [9.17, 15) is 0 Å². The number of hydrogen-bond acceptors (Lipinski definition) is 5. The fourth-order valence-electron chi connectivity index (χ4n) is 10.7. The van der Waals surface area contributed by atoms with Gasteiger partial charge in [0.25, 0.3) is 0 Å². The maximum absolute atomic E-state index is 6.37. The summed E-state index contributed by atoms with van der Waals surface area (Å²) in [5.41, 5.74) is 7.04. The molecule has 0 aromatic rings. The van der Waals surface area contributed by atoms with Gasteiger partial charge in [0.05, 0.1) is 0 Å². The summed E-state index contributed by atoms with van der Waals surface area (Å²) >= 11 is 0. The van der Waals surface area contributed by atoms with Crippen molar-refractivity contribution in [3.8, 4) is 0 Å². The van der Waals surface area contributed by atoms with Crippen molar-refractivity contribution in [1.29, 1.82) is 0 Å². The van der Waals surface area contributed by atoms with Crippen LogP contribution in [0.5, 0.6) is 0 Å². The maximum atomic E-state index is 6.37. The Kier molecular flexibility index (Phi) is 7.90. The third-order valence-electron chi connectivity index (χ3n) is 12.8. The van der Waals surface area contributed by atoms with Crippen LogP contribution in [0.4, 0.5) is 0 Å². The first-order valence-electron chi connectivity index (χ1n) is 16.5. The van der Waals surface area contributed by atoms with Gasteiger partial charge in [-0.1, -0.05) is 53.9 Å². The fraction of sp³-hybridized carbons (Fsp3) is 0.939. The van der Waals surface area contributed by atoms with E-state index in [1.165, 1.54) is 64.2 Å². The molecule has 38 heavy (non-hydrogen) atoms. The third-order valence-corrected chi connectivity index (χ3v) is 12.8. The van der Waals surface area contributed by atoms with E-state index < -0.39 is 0 Å². The van der Waals surface area contributed by atoms with Gasteiger partial charge in [-0.25, -0.2) is 9.98 Å². The highest BCUT2D eigenvalue weighted by Gasteiger charge is 2.62. The third kappa shape index (κ3) is 4.80. The average molecular weight is 526 g/mol. The highest BCUT2D eigenvalue weighted by Crippen LogP contribution is 2.69. The van der Waals surface area contributed by atoms with Gasteiger partial charge in [0.1, 0.15) is 0 Å². The number of nitrogens with two attached hydrogens (primary N) is 1. The summed E-state index contributed by atoms with van der Waals surface area (Å²) < 4.78 is 0. The fourth-order valence-corrected chi connectivity index (χ4v) is 10.7. The van der Waals surface area contributed by atoms with E-state index in [0.717, 1.165) is 67.4 Å². The van der Waals surface area contributed by atoms with E-state index in [4.69, 9.17) is 15.7 Å². The predicted octanol–water partition coefficient (Wildman–Crippen LogP) is 7.42. The molecule has 0 aromatic carbocycles. The molecule has 7 unspecified atom stereocenters. The van der Waals surface area contributed by atoms with E-state index in [2.05, 4.69) is 58.7 Å². The zero-order valence-electron chi connectivity index (χ0n) is 25.9. The van der Waals surface area contributed by atoms with E-state index in [1.807, 2.05) is 0 Å². The number of nitrogens with one attached hydrogen (secondary N) is 1. The van der Waals surface area contributed by atoms with Gasteiger partial charge < -0.3 is 10.6 Å².